The molecule has 4 nitrogen and oxygen atoms in total. The van der Waals surface area contributed by atoms with Gasteiger partial charge in [0, 0.05) is 23.2 Å². The first-order chi connectivity index (χ1) is 7.70. The van der Waals surface area contributed by atoms with Crippen molar-refractivity contribution >= 4 is 10.8 Å². The van der Waals surface area contributed by atoms with Gasteiger partial charge >= 0.3 is 0 Å². The fourth-order valence-electron chi connectivity index (χ4n) is 1.44. The Kier molecular flexibility index (Phi) is 2.69. The zero-order valence-electron chi connectivity index (χ0n) is 9.14. The van der Waals surface area contributed by atoms with Gasteiger partial charge < -0.3 is 4.74 Å². The van der Waals surface area contributed by atoms with Crippen LogP contribution in [-0.2, 0) is 0 Å². The molecule has 0 spiro atoms. The van der Waals surface area contributed by atoms with Crippen LogP contribution in [0.15, 0.2) is 24.5 Å². The number of fused-ring (bicyclic) bond motifs is 1. The predicted octanol–water partition coefficient (Wildman–Crippen LogP) is 2.29. The Morgan fingerprint density at radius 3 is 2.94 bits per heavy atom. The topological polar surface area (TPSA) is 58.8 Å². The van der Waals surface area contributed by atoms with E-state index >= 15 is 0 Å². The maximum Gasteiger partial charge on any atom is 0.222 e. The summed E-state index contributed by atoms with van der Waals surface area (Å²) in [5.41, 5.74) is 0.344. The molecule has 2 rings (SSSR count). The summed E-state index contributed by atoms with van der Waals surface area (Å²) in [5.74, 6) is 0.492. The minimum absolute atomic E-state index is 0.0257. The first-order valence-electron chi connectivity index (χ1n) is 5.02. The minimum Gasteiger partial charge on any atom is -0.474 e. The highest BCUT2D eigenvalue weighted by Crippen LogP contribution is 2.24. The molecule has 2 aromatic rings. The van der Waals surface area contributed by atoms with Gasteiger partial charge in [-0.05, 0) is 26.0 Å². The quantitative estimate of drug-likeness (QED) is 0.767. The van der Waals surface area contributed by atoms with Crippen molar-refractivity contribution in [2.45, 2.75) is 20.0 Å². The highest BCUT2D eigenvalue weighted by atomic mass is 16.5. The van der Waals surface area contributed by atoms with Crippen LogP contribution in [0.3, 0.4) is 0 Å². The van der Waals surface area contributed by atoms with E-state index in [1.807, 2.05) is 26.0 Å². The second kappa shape index (κ2) is 4.15. The van der Waals surface area contributed by atoms with E-state index in [4.69, 9.17) is 10.00 Å². The van der Waals surface area contributed by atoms with Crippen molar-refractivity contribution in [1.29, 1.82) is 5.26 Å². The molecule has 16 heavy (non-hydrogen) atoms. The summed E-state index contributed by atoms with van der Waals surface area (Å²) in [6.45, 7) is 3.85. The van der Waals surface area contributed by atoms with Gasteiger partial charge in [-0.15, -0.1) is 0 Å². The summed E-state index contributed by atoms with van der Waals surface area (Å²) in [4.78, 5) is 8.16. The van der Waals surface area contributed by atoms with E-state index in [1.165, 1.54) is 0 Å². The molecule has 0 aromatic carbocycles. The highest BCUT2D eigenvalue weighted by Gasteiger charge is 2.08. The SMILES string of the molecule is CC(C)Oc1nc(C#N)cc2cnccc12. The van der Waals surface area contributed by atoms with Gasteiger partial charge in [0.25, 0.3) is 0 Å². The molecule has 2 heterocycles. The first kappa shape index (κ1) is 10.4. The van der Waals surface area contributed by atoms with Crippen LogP contribution < -0.4 is 4.74 Å². The Hall–Kier alpha value is -2.15. The van der Waals surface area contributed by atoms with Crippen molar-refractivity contribution in [3.63, 3.8) is 0 Å². The Morgan fingerprint density at radius 1 is 1.44 bits per heavy atom. The van der Waals surface area contributed by atoms with Gasteiger partial charge in [-0.25, -0.2) is 4.98 Å². The van der Waals surface area contributed by atoms with Gasteiger partial charge in [0.15, 0.2) is 0 Å². The van der Waals surface area contributed by atoms with Crippen molar-refractivity contribution in [2.24, 2.45) is 0 Å². The highest BCUT2D eigenvalue weighted by molar-refractivity contribution is 5.86. The molecule has 0 atom stereocenters. The number of ether oxygens (including phenoxy) is 1. The van der Waals surface area contributed by atoms with Gasteiger partial charge in [-0.2, -0.15) is 5.26 Å². The Bertz CT molecular complexity index is 558. The van der Waals surface area contributed by atoms with E-state index in [1.54, 1.807) is 18.5 Å². The maximum atomic E-state index is 8.87. The van der Waals surface area contributed by atoms with E-state index in [-0.39, 0.29) is 6.10 Å². The van der Waals surface area contributed by atoms with Gasteiger partial charge in [-0.1, -0.05) is 0 Å². The number of aromatic nitrogens is 2. The molecule has 0 aliphatic carbocycles. The summed E-state index contributed by atoms with van der Waals surface area (Å²) >= 11 is 0. The van der Waals surface area contributed by atoms with Crippen LogP contribution in [0.5, 0.6) is 5.88 Å². The third-order valence-electron chi connectivity index (χ3n) is 2.06. The monoisotopic (exact) mass is 213 g/mol. The first-order valence-corrected chi connectivity index (χ1v) is 5.02. The molecule has 0 N–H and O–H groups in total. The fraction of sp³-hybridized carbons (Fsp3) is 0.250. The molecule has 4 heteroatoms. The number of hydrogen-bond acceptors (Lipinski definition) is 4. The summed E-state index contributed by atoms with van der Waals surface area (Å²) in [5, 5.41) is 10.6. The predicted molar refractivity (Wildman–Crippen MR) is 60.0 cm³/mol. The van der Waals surface area contributed by atoms with Crippen molar-refractivity contribution in [3.8, 4) is 11.9 Å². The van der Waals surface area contributed by atoms with Crippen LogP contribution in [0.25, 0.3) is 10.8 Å². The fourth-order valence-corrected chi connectivity index (χ4v) is 1.44. The van der Waals surface area contributed by atoms with E-state index in [0.717, 1.165) is 10.8 Å². The van der Waals surface area contributed by atoms with Crippen LogP contribution in [0, 0.1) is 11.3 Å². The Labute approximate surface area is 93.5 Å². The normalized spacial score (nSPS) is 10.4. The summed E-state index contributed by atoms with van der Waals surface area (Å²) in [6, 6.07) is 5.55. The third kappa shape index (κ3) is 1.94. The van der Waals surface area contributed by atoms with Crippen LogP contribution in [0.2, 0.25) is 0 Å². The molecule has 0 aliphatic heterocycles. The number of hydrogen-bond donors (Lipinski definition) is 0. The van der Waals surface area contributed by atoms with Gasteiger partial charge in [-0.3, -0.25) is 4.98 Å². The van der Waals surface area contributed by atoms with Crippen LogP contribution >= 0.6 is 0 Å². The second-order valence-corrected chi connectivity index (χ2v) is 3.69. The standard InChI is InChI=1S/C12H11N3O/c1-8(2)16-12-11-3-4-14-7-9(11)5-10(6-13)15-12/h3-5,7-8H,1-2H3. The summed E-state index contributed by atoms with van der Waals surface area (Å²) in [7, 11) is 0. The van der Waals surface area contributed by atoms with Crippen LogP contribution in [0.4, 0.5) is 0 Å². The molecule has 0 radical (unpaired) electrons. The van der Waals surface area contributed by atoms with Crippen molar-refractivity contribution in [3.05, 3.63) is 30.2 Å². The Balaban J connectivity index is 2.65. The maximum absolute atomic E-state index is 8.87. The lowest BCUT2D eigenvalue weighted by molar-refractivity contribution is 0.236. The van der Waals surface area contributed by atoms with Crippen molar-refractivity contribution in [1.82, 2.24) is 9.97 Å². The van der Waals surface area contributed by atoms with E-state index in [0.29, 0.717) is 11.6 Å². The Morgan fingerprint density at radius 2 is 2.25 bits per heavy atom. The molecule has 80 valence electrons. The summed E-state index contributed by atoms with van der Waals surface area (Å²) in [6.07, 6.45) is 3.41. The lowest BCUT2D eigenvalue weighted by Gasteiger charge is -2.11. The molecule has 2 aromatic heterocycles. The van der Waals surface area contributed by atoms with Crippen LogP contribution in [0.1, 0.15) is 19.5 Å². The zero-order chi connectivity index (χ0) is 11.5. The molecular formula is C12H11N3O. The summed E-state index contributed by atoms with van der Waals surface area (Å²) < 4.78 is 5.58. The lowest BCUT2D eigenvalue weighted by Crippen LogP contribution is -2.07. The lowest BCUT2D eigenvalue weighted by atomic mass is 10.2. The third-order valence-corrected chi connectivity index (χ3v) is 2.06. The smallest absolute Gasteiger partial charge is 0.222 e. The average Bonchev–Trinajstić information content (AvgIpc) is 2.28. The van der Waals surface area contributed by atoms with E-state index in [9.17, 15) is 0 Å². The molecule has 0 unspecified atom stereocenters. The van der Waals surface area contributed by atoms with E-state index in [2.05, 4.69) is 9.97 Å². The molecular weight excluding hydrogens is 202 g/mol. The molecule has 0 aliphatic rings. The minimum atomic E-state index is 0.0257. The van der Waals surface area contributed by atoms with Crippen molar-refractivity contribution < 1.29 is 4.74 Å². The van der Waals surface area contributed by atoms with E-state index < -0.39 is 0 Å². The van der Waals surface area contributed by atoms with Crippen molar-refractivity contribution in [2.75, 3.05) is 0 Å². The van der Waals surface area contributed by atoms with Gasteiger partial charge in [0.05, 0.1) is 6.10 Å². The number of nitriles is 1. The number of pyridine rings is 2. The zero-order valence-corrected chi connectivity index (χ0v) is 9.14. The number of nitrogens with zero attached hydrogens (tertiary/aromatic N) is 3. The molecule has 0 saturated heterocycles. The molecule has 0 saturated carbocycles. The molecule has 0 fully saturated rings. The molecule has 0 amide bonds. The van der Waals surface area contributed by atoms with Crippen LogP contribution in [-0.4, -0.2) is 16.1 Å². The van der Waals surface area contributed by atoms with Gasteiger partial charge in [0.2, 0.25) is 5.88 Å². The average molecular weight is 213 g/mol. The largest absolute Gasteiger partial charge is 0.474 e. The second-order valence-electron chi connectivity index (χ2n) is 3.69. The van der Waals surface area contributed by atoms with Gasteiger partial charge in [0.1, 0.15) is 11.8 Å². The number of rotatable bonds is 2. The molecule has 0 bridgehead atoms.